The van der Waals surface area contributed by atoms with Gasteiger partial charge in [-0.15, -0.1) is 11.8 Å². The summed E-state index contributed by atoms with van der Waals surface area (Å²) >= 11 is 1.51. The highest BCUT2D eigenvalue weighted by atomic mass is 32.2. The molecule has 2 aliphatic heterocycles. The van der Waals surface area contributed by atoms with Crippen LogP contribution in [0.4, 0.5) is 5.69 Å². The zero-order valence-corrected chi connectivity index (χ0v) is 11.5. The molecule has 106 valence electrons. The van der Waals surface area contributed by atoms with Crippen LogP contribution in [-0.2, 0) is 9.59 Å². The highest BCUT2D eigenvalue weighted by Gasteiger charge is 2.25. The van der Waals surface area contributed by atoms with Crippen molar-refractivity contribution in [3.63, 3.8) is 0 Å². The van der Waals surface area contributed by atoms with Crippen molar-refractivity contribution in [1.29, 1.82) is 0 Å². The molecule has 0 saturated carbocycles. The Hall–Kier alpha value is -1.89. The monoisotopic (exact) mass is 294 g/mol. The number of carbonyl (C=O) groups excluding carboxylic acids is 2. The molecule has 2 amide bonds. The zero-order chi connectivity index (χ0) is 13.9. The van der Waals surface area contributed by atoms with Crippen molar-refractivity contribution in [3.8, 4) is 11.5 Å². The first-order valence-corrected chi connectivity index (χ1v) is 7.36. The smallest absolute Gasteiger partial charge is 0.233 e. The molecule has 1 aromatic rings. The van der Waals surface area contributed by atoms with Crippen LogP contribution in [0.3, 0.4) is 0 Å². The molecular formula is C13H14N2O4S. The van der Waals surface area contributed by atoms with Crippen molar-refractivity contribution >= 4 is 29.3 Å². The molecule has 2 heterocycles. The minimum Gasteiger partial charge on any atom is -0.454 e. The molecule has 0 radical (unpaired) electrons. The SMILES string of the molecule is O=C(C[C@H]1SCCNC1=O)Nc1ccc2c(c1)OCO2. The van der Waals surface area contributed by atoms with Gasteiger partial charge in [-0.25, -0.2) is 0 Å². The van der Waals surface area contributed by atoms with Crippen LogP contribution in [0.5, 0.6) is 11.5 Å². The third kappa shape index (κ3) is 2.82. The number of ether oxygens (including phenoxy) is 2. The lowest BCUT2D eigenvalue weighted by atomic mass is 10.2. The highest BCUT2D eigenvalue weighted by Crippen LogP contribution is 2.34. The largest absolute Gasteiger partial charge is 0.454 e. The summed E-state index contributed by atoms with van der Waals surface area (Å²) in [6, 6.07) is 5.22. The molecule has 1 fully saturated rings. The normalized spacial score (nSPS) is 20.4. The van der Waals surface area contributed by atoms with Gasteiger partial charge in [0.15, 0.2) is 11.5 Å². The first-order valence-electron chi connectivity index (χ1n) is 6.31. The van der Waals surface area contributed by atoms with E-state index in [9.17, 15) is 9.59 Å². The van der Waals surface area contributed by atoms with Crippen LogP contribution >= 0.6 is 11.8 Å². The van der Waals surface area contributed by atoms with Crippen molar-refractivity contribution in [2.75, 3.05) is 24.4 Å². The number of thioether (sulfide) groups is 1. The van der Waals surface area contributed by atoms with Crippen molar-refractivity contribution in [1.82, 2.24) is 5.32 Å². The van der Waals surface area contributed by atoms with E-state index in [2.05, 4.69) is 10.6 Å². The maximum atomic E-state index is 11.9. The van der Waals surface area contributed by atoms with E-state index in [1.165, 1.54) is 11.8 Å². The van der Waals surface area contributed by atoms with Crippen LogP contribution in [0.15, 0.2) is 18.2 Å². The van der Waals surface area contributed by atoms with Gasteiger partial charge in [0.2, 0.25) is 18.6 Å². The van der Waals surface area contributed by atoms with Crippen LogP contribution in [0.25, 0.3) is 0 Å². The van der Waals surface area contributed by atoms with E-state index in [-0.39, 0.29) is 30.3 Å². The minimum atomic E-state index is -0.308. The van der Waals surface area contributed by atoms with Gasteiger partial charge in [0.05, 0.1) is 5.25 Å². The predicted octanol–water partition coefficient (Wildman–Crippen LogP) is 0.975. The maximum Gasteiger partial charge on any atom is 0.233 e. The first-order chi connectivity index (χ1) is 9.72. The third-order valence-corrected chi connectivity index (χ3v) is 4.26. The lowest BCUT2D eigenvalue weighted by Crippen LogP contribution is -2.40. The van der Waals surface area contributed by atoms with Gasteiger partial charge >= 0.3 is 0 Å². The topological polar surface area (TPSA) is 76.7 Å². The Bertz CT molecular complexity index is 549. The molecular weight excluding hydrogens is 280 g/mol. The number of hydrogen-bond donors (Lipinski definition) is 2. The number of rotatable bonds is 3. The van der Waals surface area contributed by atoms with E-state index >= 15 is 0 Å². The summed E-state index contributed by atoms with van der Waals surface area (Å²) in [6.45, 7) is 0.870. The first kappa shape index (κ1) is 13.1. The average molecular weight is 294 g/mol. The van der Waals surface area contributed by atoms with Gasteiger partial charge in [0.1, 0.15) is 0 Å². The van der Waals surface area contributed by atoms with E-state index < -0.39 is 0 Å². The molecule has 3 rings (SSSR count). The summed E-state index contributed by atoms with van der Waals surface area (Å²) in [7, 11) is 0. The van der Waals surface area contributed by atoms with Crippen molar-refractivity contribution in [2.45, 2.75) is 11.7 Å². The lowest BCUT2D eigenvalue weighted by molar-refractivity contribution is -0.123. The second kappa shape index (κ2) is 5.62. The molecule has 0 bridgehead atoms. The minimum absolute atomic E-state index is 0.0675. The quantitative estimate of drug-likeness (QED) is 0.869. The fraction of sp³-hybridized carbons (Fsp3) is 0.385. The summed E-state index contributed by atoms with van der Waals surface area (Å²) in [6.07, 6.45) is 0.172. The fourth-order valence-corrected chi connectivity index (χ4v) is 3.08. The van der Waals surface area contributed by atoms with E-state index in [1.807, 2.05) is 0 Å². The molecule has 20 heavy (non-hydrogen) atoms. The second-order valence-electron chi connectivity index (χ2n) is 4.47. The lowest BCUT2D eigenvalue weighted by Gasteiger charge is -2.20. The molecule has 1 saturated heterocycles. The van der Waals surface area contributed by atoms with Gasteiger partial charge in [0.25, 0.3) is 0 Å². The Morgan fingerprint density at radius 1 is 1.40 bits per heavy atom. The van der Waals surface area contributed by atoms with Gasteiger partial charge in [-0.05, 0) is 12.1 Å². The molecule has 1 atom stereocenters. The van der Waals surface area contributed by atoms with Crippen LogP contribution in [-0.4, -0.2) is 36.2 Å². The Balaban J connectivity index is 1.60. The number of nitrogens with one attached hydrogen (secondary N) is 2. The van der Waals surface area contributed by atoms with Crippen LogP contribution in [0, 0.1) is 0 Å². The molecule has 0 aliphatic carbocycles. The third-order valence-electron chi connectivity index (χ3n) is 3.04. The second-order valence-corrected chi connectivity index (χ2v) is 5.78. The summed E-state index contributed by atoms with van der Waals surface area (Å²) in [5, 5.41) is 5.22. The van der Waals surface area contributed by atoms with Gasteiger partial charge in [-0.2, -0.15) is 0 Å². The van der Waals surface area contributed by atoms with Gasteiger partial charge in [-0.1, -0.05) is 0 Å². The molecule has 0 unspecified atom stereocenters. The van der Waals surface area contributed by atoms with E-state index in [0.717, 1.165) is 5.75 Å². The van der Waals surface area contributed by atoms with Crippen molar-refractivity contribution in [3.05, 3.63) is 18.2 Å². The van der Waals surface area contributed by atoms with Gasteiger partial charge < -0.3 is 20.1 Å². The van der Waals surface area contributed by atoms with Crippen LogP contribution in [0.1, 0.15) is 6.42 Å². The van der Waals surface area contributed by atoms with Crippen LogP contribution < -0.4 is 20.1 Å². The number of fused-ring (bicyclic) bond motifs is 1. The Morgan fingerprint density at radius 2 is 2.25 bits per heavy atom. The van der Waals surface area contributed by atoms with E-state index in [1.54, 1.807) is 18.2 Å². The summed E-state index contributed by atoms with van der Waals surface area (Å²) in [5.41, 5.74) is 0.639. The fourth-order valence-electron chi connectivity index (χ4n) is 2.07. The molecule has 1 aromatic carbocycles. The Morgan fingerprint density at radius 3 is 3.10 bits per heavy atom. The molecule has 2 N–H and O–H groups in total. The van der Waals surface area contributed by atoms with E-state index in [4.69, 9.17) is 9.47 Å². The van der Waals surface area contributed by atoms with Gasteiger partial charge in [0, 0.05) is 30.5 Å². The summed E-state index contributed by atoms with van der Waals surface area (Å²) in [5.74, 6) is 1.88. The van der Waals surface area contributed by atoms with Crippen molar-refractivity contribution < 1.29 is 19.1 Å². The number of carbonyl (C=O) groups is 2. The molecule has 6 nitrogen and oxygen atoms in total. The molecule has 0 aromatic heterocycles. The number of benzene rings is 1. The zero-order valence-electron chi connectivity index (χ0n) is 10.7. The Labute approximate surface area is 120 Å². The summed E-state index contributed by atoms with van der Waals surface area (Å²) in [4.78, 5) is 23.5. The molecule has 7 heteroatoms. The van der Waals surface area contributed by atoms with E-state index in [0.29, 0.717) is 23.7 Å². The number of hydrogen-bond acceptors (Lipinski definition) is 5. The Kier molecular flexibility index (Phi) is 3.68. The average Bonchev–Trinajstić information content (AvgIpc) is 2.89. The standard InChI is InChI=1S/C13H14N2O4S/c16-12(6-11-13(17)14-3-4-20-11)15-8-1-2-9-10(5-8)19-7-18-9/h1-2,5,11H,3-4,6-7H2,(H,14,17)(H,15,16)/t11-/m1/s1. The summed E-state index contributed by atoms with van der Waals surface area (Å²) < 4.78 is 10.4. The highest BCUT2D eigenvalue weighted by molar-refractivity contribution is 8.00. The van der Waals surface area contributed by atoms with Crippen molar-refractivity contribution in [2.24, 2.45) is 0 Å². The number of amides is 2. The van der Waals surface area contributed by atoms with Gasteiger partial charge in [-0.3, -0.25) is 9.59 Å². The van der Waals surface area contributed by atoms with Crippen LogP contribution in [0.2, 0.25) is 0 Å². The molecule has 2 aliphatic rings. The number of anilines is 1. The maximum absolute atomic E-state index is 11.9. The predicted molar refractivity (Wildman–Crippen MR) is 75.1 cm³/mol. The molecule has 0 spiro atoms.